The van der Waals surface area contributed by atoms with E-state index in [0.717, 1.165) is 0 Å². The Hall–Kier alpha value is -2.57. The molecule has 0 heterocycles. The molecule has 0 atom stereocenters. The number of anilines is 1. The van der Waals surface area contributed by atoms with E-state index in [1.165, 1.54) is 17.0 Å². The molecule has 0 spiro atoms. The highest BCUT2D eigenvalue weighted by Gasteiger charge is 2.10. The fourth-order valence-electron chi connectivity index (χ4n) is 2.20. The molecule has 0 aliphatic heterocycles. The molecule has 2 rings (SSSR count). The molecular formula is C19H19Cl2N3O3. The predicted molar refractivity (Wildman–Crippen MR) is 107 cm³/mol. The minimum atomic E-state index is -0.362. The second-order valence-electron chi connectivity index (χ2n) is 5.98. The summed E-state index contributed by atoms with van der Waals surface area (Å²) in [7, 11) is 3.32. The summed E-state index contributed by atoms with van der Waals surface area (Å²) in [4.78, 5) is 37.3. The van der Waals surface area contributed by atoms with Gasteiger partial charge < -0.3 is 15.5 Å². The van der Waals surface area contributed by atoms with Crippen LogP contribution in [0.5, 0.6) is 0 Å². The third-order valence-corrected chi connectivity index (χ3v) is 4.09. The smallest absolute Gasteiger partial charge is 0.255 e. The number of amides is 3. The Bertz CT molecular complexity index is 832. The Morgan fingerprint density at radius 3 is 2.04 bits per heavy atom. The summed E-state index contributed by atoms with van der Waals surface area (Å²) in [6, 6.07) is 11.0. The summed E-state index contributed by atoms with van der Waals surface area (Å²) in [6.45, 7) is 0.254. The number of hydrogen-bond donors (Lipinski definition) is 2. The maximum atomic E-state index is 12.3. The van der Waals surface area contributed by atoms with Gasteiger partial charge in [-0.2, -0.15) is 0 Å². The number of hydrogen-bond acceptors (Lipinski definition) is 3. The summed E-state index contributed by atoms with van der Waals surface area (Å²) in [5.74, 6) is -0.714. The van der Waals surface area contributed by atoms with Gasteiger partial charge in [0.05, 0.1) is 0 Å². The lowest BCUT2D eigenvalue weighted by atomic mass is 10.1. The normalized spacial score (nSPS) is 10.2. The van der Waals surface area contributed by atoms with Crippen LogP contribution in [0.15, 0.2) is 42.5 Å². The molecule has 3 amide bonds. The lowest BCUT2D eigenvalue weighted by Crippen LogP contribution is -2.30. The van der Waals surface area contributed by atoms with Gasteiger partial charge in [-0.1, -0.05) is 23.2 Å². The van der Waals surface area contributed by atoms with E-state index in [9.17, 15) is 14.4 Å². The van der Waals surface area contributed by atoms with Gasteiger partial charge in [0.15, 0.2) is 0 Å². The molecule has 27 heavy (non-hydrogen) atoms. The molecule has 142 valence electrons. The molecule has 0 saturated heterocycles. The van der Waals surface area contributed by atoms with Gasteiger partial charge in [0.1, 0.15) is 0 Å². The standard InChI is InChI=1S/C19H19Cl2N3O3/c1-24(2)17(25)7-8-22-18(26)12-3-5-16(6-4-12)23-19(27)13-9-14(20)11-15(21)10-13/h3-6,9-11H,7-8H2,1-2H3,(H,22,26)(H,23,27). The topological polar surface area (TPSA) is 78.5 Å². The molecular weight excluding hydrogens is 389 g/mol. The number of nitrogens with zero attached hydrogens (tertiary/aromatic N) is 1. The van der Waals surface area contributed by atoms with E-state index in [4.69, 9.17) is 23.2 Å². The molecule has 0 saturated carbocycles. The highest BCUT2D eigenvalue weighted by Crippen LogP contribution is 2.20. The van der Waals surface area contributed by atoms with Crippen LogP contribution in [0, 0.1) is 0 Å². The zero-order chi connectivity index (χ0) is 20.0. The zero-order valence-corrected chi connectivity index (χ0v) is 16.4. The molecule has 0 fully saturated rings. The average Bonchev–Trinajstić information content (AvgIpc) is 2.61. The number of rotatable bonds is 6. The van der Waals surface area contributed by atoms with Crippen LogP contribution in [-0.4, -0.2) is 43.3 Å². The number of carbonyl (C=O) groups is 3. The van der Waals surface area contributed by atoms with E-state index in [1.807, 2.05) is 0 Å². The van der Waals surface area contributed by atoms with Crippen LogP contribution < -0.4 is 10.6 Å². The Morgan fingerprint density at radius 2 is 1.48 bits per heavy atom. The summed E-state index contributed by atoms with van der Waals surface area (Å²) >= 11 is 11.8. The van der Waals surface area contributed by atoms with Gasteiger partial charge >= 0.3 is 0 Å². The van der Waals surface area contributed by atoms with Crippen molar-refractivity contribution in [3.63, 3.8) is 0 Å². The van der Waals surface area contributed by atoms with Gasteiger partial charge in [0.25, 0.3) is 11.8 Å². The lowest BCUT2D eigenvalue weighted by molar-refractivity contribution is -0.128. The van der Waals surface area contributed by atoms with E-state index < -0.39 is 0 Å². The number of nitrogens with one attached hydrogen (secondary N) is 2. The fourth-order valence-corrected chi connectivity index (χ4v) is 2.73. The van der Waals surface area contributed by atoms with E-state index in [0.29, 0.717) is 26.9 Å². The van der Waals surface area contributed by atoms with Crippen molar-refractivity contribution < 1.29 is 14.4 Å². The van der Waals surface area contributed by atoms with Gasteiger partial charge in [0, 0.05) is 53.9 Å². The van der Waals surface area contributed by atoms with Crippen LogP contribution in [0.3, 0.4) is 0 Å². The Morgan fingerprint density at radius 1 is 0.889 bits per heavy atom. The van der Waals surface area contributed by atoms with Gasteiger partial charge in [0.2, 0.25) is 5.91 Å². The fraction of sp³-hybridized carbons (Fsp3) is 0.211. The van der Waals surface area contributed by atoms with E-state index in [1.54, 1.807) is 44.4 Å². The molecule has 0 aromatic heterocycles. The summed E-state index contributed by atoms with van der Waals surface area (Å²) < 4.78 is 0. The van der Waals surface area contributed by atoms with Crippen molar-refractivity contribution in [3.05, 3.63) is 63.6 Å². The molecule has 0 unspecified atom stereocenters. The van der Waals surface area contributed by atoms with E-state index in [2.05, 4.69) is 10.6 Å². The number of carbonyl (C=O) groups excluding carboxylic acids is 3. The Balaban J connectivity index is 1.93. The van der Waals surface area contributed by atoms with Crippen LogP contribution in [0.25, 0.3) is 0 Å². The lowest BCUT2D eigenvalue weighted by Gasteiger charge is -2.11. The average molecular weight is 408 g/mol. The van der Waals surface area contributed by atoms with Crippen LogP contribution >= 0.6 is 23.2 Å². The Kier molecular flexibility index (Phi) is 7.21. The van der Waals surface area contributed by atoms with Gasteiger partial charge in [-0.25, -0.2) is 0 Å². The van der Waals surface area contributed by atoms with Crippen LogP contribution in [0.4, 0.5) is 5.69 Å². The second-order valence-corrected chi connectivity index (χ2v) is 6.86. The maximum absolute atomic E-state index is 12.3. The molecule has 2 N–H and O–H groups in total. The second kappa shape index (κ2) is 9.39. The summed E-state index contributed by atoms with van der Waals surface area (Å²) in [5.41, 5.74) is 1.28. The first kappa shape index (κ1) is 20.7. The zero-order valence-electron chi connectivity index (χ0n) is 14.9. The first-order chi connectivity index (χ1) is 12.8. The largest absolute Gasteiger partial charge is 0.352 e. The summed E-state index contributed by atoms with van der Waals surface area (Å²) in [6.07, 6.45) is 0.231. The molecule has 2 aromatic carbocycles. The SMILES string of the molecule is CN(C)C(=O)CCNC(=O)c1ccc(NC(=O)c2cc(Cl)cc(Cl)c2)cc1. The highest BCUT2D eigenvalue weighted by atomic mass is 35.5. The van der Waals surface area contributed by atoms with E-state index in [-0.39, 0.29) is 30.7 Å². The van der Waals surface area contributed by atoms with Crippen molar-refractivity contribution in [2.75, 3.05) is 26.0 Å². The first-order valence-corrected chi connectivity index (χ1v) is 8.87. The van der Waals surface area contributed by atoms with Crippen molar-refractivity contribution in [2.24, 2.45) is 0 Å². The van der Waals surface area contributed by atoms with Crippen LogP contribution in [0.1, 0.15) is 27.1 Å². The first-order valence-electron chi connectivity index (χ1n) is 8.12. The molecule has 6 nitrogen and oxygen atoms in total. The maximum Gasteiger partial charge on any atom is 0.255 e. The minimum absolute atomic E-state index is 0.0607. The number of halogens is 2. The monoisotopic (exact) mass is 407 g/mol. The van der Waals surface area contributed by atoms with Crippen molar-refractivity contribution in [1.82, 2.24) is 10.2 Å². The van der Waals surface area contributed by atoms with Crippen molar-refractivity contribution in [3.8, 4) is 0 Å². The predicted octanol–water partition coefficient (Wildman–Crippen LogP) is 3.45. The van der Waals surface area contributed by atoms with Crippen molar-refractivity contribution in [2.45, 2.75) is 6.42 Å². The van der Waals surface area contributed by atoms with Crippen LogP contribution in [0.2, 0.25) is 10.0 Å². The molecule has 2 aromatic rings. The van der Waals surface area contributed by atoms with Crippen molar-refractivity contribution >= 4 is 46.6 Å². The minimum Gasteiger partial charge on any atom is -0.352 e. The van der Waals surface area contributed by atoms with E-state index >= 15 is 0 Å². The van der Waals surface area contributed by atoms with Gasteiger partial charge in [-0.3, -0.25) is 14.4 Å². The molecule has 0 bridgehead atoms. The Labute approximate surface area is 167 Å². The van der Waals surface area contributed by atoms with Crippen LogP contribution in [-0.2, 0) is 4.79 Å². The van der Waals surface area contributed by atoms with Gasteiger partial charge in [-0.15, -0.1) is 0 Å². The molecule has 0 aliphatic carbocycles. The summed E-state index contributed by atoms with van der Waals surface area (Å²) in [5, 5.41) is 6.13. The van der Waals surface area contributed by atoms with Gasteiger partial charge in [-0.05, 0) is 42.5 Å². The third kappa shape index (κ3) is 6.27. The third-order valence-electron chi connectivity index (χ3n) is 3.65. The van der Waals surface area contributed by atoms with Crippen molar-refractivity contribution in [1.29, 1.82) is 0 Å². The molecule has 8 heteroatoms. The highest BCUT2D eigenvalue weighted by molar-refractivity contribution is 6.35. The number of benzene rings is 2. The molecule has 0 aliphatic rings. The molecule has 0 radical (unpaired) electrons. The quantitative estimate of drug-likeness (QED) is 0.769.